The van der Waals surface area contributed by atoms with Gasteiger partial charge in [0.1, 0.15) is 0 Å². The van der Waals surface area contributed by atoms with Crippen LogP contribution in [0, 0.1) is 0 Å². The van der Waals surface area contributed by atoms with Crippen molar-refractivity contribution in [3.63, 3.8) is 0 Å². The van der Waals surface area contributed by atoms with E-state index in [0.717, 1.165) is 15.6 Å². The van der Waals surface area contributed by atoms with Gasteiger partial charge in [0, 0.05) is 23.1 Å². The third-order valence-corrected chi connectivity index (χ3v) is 4.79. The molecule has 0 saturated carbocycles. The number of amides is 1. The molecule has 0 bridgehead atoms. The van der Waals surface area contributed by atoms with E-state index in [2.05, 4.69) is 15.9 Å². The van der Waals surface area contributed by atoms with Crippen molar-refractivity contribution in [2.45, 2.75) is 13.0 Å². The van der Waals surface area contributed by atoms with E-state index in [1.165, 1.54) is 0 Å². The molecule has 0 radical (unpaired) electrons. The molecule has 6 heteroatoms. The minimum Gasteiger partial charge on any atom is -0.493 e. The van der Waals surface area contributed by atoms with Gasteiger partial charge in [0.25, 0.3) is 0 Å². The Morgan fingerprint density at radius 2 is 1.75 bits per heavy atom. The van der Waals surface area contributed by atoms with E-state index in [9.17, 15) is 4.79 Å². The van der Waals surface area contributed by atoms with Crippen LogP contribution in [0.25, 0.3) is 0 Å². The largest absolute Gasteiger partial charge is 0.493 e. The molecule has 24 heavy (non-hydrogen) atoms. The predicted octanol–water partition coefficient (Wildman–Crippen LogP) is 4.32. The smallest absolute Gasteiger partial charge is 0.227 e. The SMILES string of the molecule is COc1cc(Br)c(CC(=O)N(C)Cc2ccccc2Cl)cc1OC. The zero-order valence-electron chi connectivity index (χ0n) is 13.8. The highest BCUT2D eigenvalue weighted by atomic mass is 79.9. The quantitative estimate of drug-likeness (QED) is 0.709. The van der Waals surface area contributed by atoms with Crippen molar-refractivity contribution >= 4 is 33.4 Å². The van der Waals surface area contributed by atoms with E-state index in [1.54, 1.807) is 32.2 Å². The summed E-state index contributed by atoms with van der Waals surface area (Å²) in [5.41, 5.74) is 1.75. The first-order chi connectivity index (χ1) is 11.5. The monoisotopic (exact) mass is 411 g/mol. The van der Waals surface area contributed by atoms with Gasteiger partial charge in [-0.15, -0.1) is 0 Å². The Hall–Kier alpha value is -1.72. The van der Waals surface area contributed by atoms with Crippen molar-refractivity contribution in [1.29, 1.82) is 0 Å². The average Bonchev–Trinajstić information content (AvgIpc) is 2.58. The van der Waals surface area contributed by atoms with Gasteiger partial charge in [-0.25, -0.2) is 0 Å². The molecule has 128 valence electrons. The first-order valence-corrected chi connectivity index (χ1v) is 8.51. The van der Waals surface area contributed by atoms with Gasteiger partial charge in [-0.05, 0) is 29.3 Å². The Morgan fingerprint density at radius 1 is 1.12 bits per heavy atom. The summed E-state index contributed by atoms with van der Waals surface area (Å²) in [6.45, 7) is 0.462. The Balaban J connectivity index is 2.13. The highest BCUT2D eigenvalue weighted by molar-refractivity contribution is 9.10. The van der Waals surface area contributed by atoms with Crippen LogP contribution >= 0.6 is 27.5 Å². The second-order valence-electron chi connectivity index (χ2n) is 5.32. The van der Waals surface area contributed by atoms with Gasteiger partial charge < -0.3 is 14.4 Å². The summed E-state index contributed by atoms with van der Waals surface area (Å²) < 4.78 is 11.4. The van der Waals surface area contributed by atoms with E-state index >= 15 is 0 Å². The summed E-state index contributed by atoms with van der Waals surface area (Å²) in [6, 6.07) is 11.1. The molecule has 0 aromatic heterocycles. The number of methoxy groups -OCH3 is 2. The summed E-state index contributed by atoms with van der Waals surface area (Å²) in [5.74, 6) is 1.20. The summed E-state index contributed by atoms with van der Waals surface area (Å²) in [5, 5.41) is 0.657. The highest BCUT2D eigenvalue weighted by Gasteiger charge is 2.16. The third kappa shape index (κ3) is 4.42. The molecule has 4 nitrogen and oxygen atoms in total. The van der Waals surface area contributed by atoms with Gasteiger partial charge in [0.05, 0.1) is 20.6 Å². The van der Waals surface area contributed by atoms with Crippen molar-refractivity contribution in [1.82, 2.24) is 4.90 Å². The number of hydrogen-bond acceptors (Lipinski definition) is 3. The number of nitrogens with zero attached hydrogens (tertiary/aromatic N) is 1. The number of hydrogen-bond donors (Lipinski definition) is 0. The number of benzene rings is 2. The lowest BCUT2D eigenvalue weighted by molar-refractivity contribution is -0.129. The topological polar surface area (TPSA) is 38.8 Å². The van der Waals surface area contributed by atoms with Gasteiger partial charge in [0.2, 0.25) is 5.91 Å². The van der Waals surface area contributed by atoms with Gasteiger partial charge in [0.15, 0.2) is 11.5 Å². The van der Waals surface area contributed by atoms with Crippen molar-refractivity contribution in [3.8, 4) is 11.5 Å². The van der Waals surface area contributed by atoms with Crippen LogP contribution in [-0.4, -0.2) is 32.1 Å². The number of rotatable bonds is 6. The molecular weight excluding hydrogens is 394 g/mol. The van der Waals surface area contributed by atoms with Gasteiger partial charge >= 0.3 is 0 Å². The van der Waals surface area contributed by atoms with Crippen LogP contribution in [0.1, 0.15) is 11.1 Å². The number of likely N-dealkylation sites (N-methyl/N-ethyl adjacent to an activating group) is 1. The molecule has 0 aliphatic carbocycles. The zero-order valence-corrected chi connectivity index (χ0v) is 16.1. The second-order valence-corrected chi connectivity index (χ2v) is 6.58. The fourth-order valence-electron chi connectivity index (χ4n) is 2.30. The van der Waals surface area contributed by atoms with Crippen molar-refractivity contribution in [2.75, 3.05) is 21.3 Å². The highest BCUT2D eigenvalue weighted by Crippen LogP contribution is 2.33. The van der Waals surface area contributed by atoms with E-state index in [4.69, 9.17) is 21.1 Å². The number of carbonyl (C=O) groups excluding carboxylic acids is 1. The molecule has 2 aromatic rings. The van der Waals surface area contributed by atoms with E-state index < -0.39 is 0 Å². The molecule has 0 N–H and O–H groups in total. The first kappa shape index (κ1) is 18.6. The Kier molecular flexibility index (Phi) is 6.52. The van der Waals surface area contributed by atoms with E-state index in [-0.39, 0.29) is 12.3 Å². The van der Waals surface area contributed by atoms with Crippen LogP contribution in [0.15, 0.2) is 40.9 Å². The Labute approximate surface area is 155 Å². The molecule has 0 spiro atoms. The van der Waals surface area contributed by atoms with Crippen LogP contribution in [0.3, 0.4) is 0 Å². The molecule has 2 rings (SSSR count). The van der Waals surface area contributed by atoms with Crippen LogP contribution < -0.4 is 9.47 Å². The Morgan fingerprint density at radius 3 is 2.38 bits per heavy atom. The van der Waals surface area contributed by atoms with Gasteiger partial charge in [-0.3, -0.25) is 4.79 Å². The maximum Gasteiger partial charge on any atom is 0.227 e. The molecule has 0 saturated heterocycles. The lowest BCUT2D eigenvalue weighted by Crippen LogP contribution is -2.28. The fraction of sp³-hybridized carbons (Fsp3) is 0.278. The molecule has 0 aliphatic rings. The molecule has 0 atom stereocenters. The summed E-state index contributed by atoms with van der Waals surface area (Å²) in [6.07, 6.45) is 0.252. The zero-order chi connectivity index (χ0) is 17.7. The molecule has 0 unspecified atom stereocenters. The summed E-state index contributed by atoms with van der Waals surface area (Å²) in [7, 11) is 4.91. The van der Waals surface area contributed by atoms with E-state index in [0.29, 0.717) is 23.1 Å². The van der Waals surface area contributed by atoms with E-state index in [1.807, 2.05) is 30.3 Å². The van der Waals surface area contributed by atoms with Crippen molar-refractivity contribution in [3.05, 3.63) is 57.0 Å². The number of carbonyl (C=O) groups is 1. The average molecular weight is 413 g/mol. The third-order valence-electron chi connectivity index (χ3n) is 3.69. The fourth-order valence-corrected chi connectivity index (χ4v) is 2.96. The van der Waals surface area contributed by atoms with Crippen LogP contribution in [0.4, 0.5) is 0 Å². The molecule has 0 fully saturated rings. The number of ether oxygens (including phenoxy) is 2. The number of halogens is 2. The minimum absolute atomic E-state index is 0.0113. The van der Waals surface area contributed by atoms with Gasteiger partial charge in [-0.2, -0.15) is 0 Å². The molecule has 0 heterocycles. The van der Waals surface area contributed by atoms with Crippen molar-refractivity contribution in [2.24, 2.45) is 0 Å². The van der Waals surface area contributed by atoms with Crippen LogP contribution in [0.2, 0.25) is 5.02 Å². The first-order valence-electron chi connectivity index (χ1n) is 7.34. The normalized spacial score (nSPS) is 10.4. The maximum atomic E-state index is 12.5. The lowest BCUT2D eigenvalue weighted by atomic mass is 10.1. The van der Waals surface area contributed by atoms with Crippen molar-refractivity contribution < 1.29 is 14.3 Å². The standard InChI is InChI=1S/C18H19BrClNO3/c1-21(11-12-6-4-5-7-15(12)20)18(22)9-13-8-16(23-2)17(24-3)10-14(13)19/h4-8,10H,9,11H2,1-3H3. The Bertz CT molecular complexity index is 736. The maximum absolute atomic E-state index is 12.5. The molecule has 2 aromatic carbocycles. The van der Waals surface area contributed by atoms with Gasteiger partial charge in [-0.1, -0.05) is 45.7 Å². The predicted molar refractivity (Wildman–Crippen MR) is 98.9 cm³/mol. The summed E-state index contributed by atoms with van der Waals surface area (Å²) >= 11 is 9.64. The second kappa shape index (κ2) is 8.40. The lowest BCUT2D eigenvalue weighted by Gasteiger charge is -2.19. The summed E-state index contributed by atoms with van der Waals surface area (Å²) in [4.78, 5) is 14.2. The molecular formula is C18H19BrClNO3. The molecule has 1 amide bonds. The molecule has 0 aliphatic heterocycles. The van der Waals surface area contributed by atoms with Crippen LogP contribution in [-0.2, 0) is 17.8 Å². The minimum atomic E-state index is -0.0113. The van der Waals surface area contributed by atoms with Crippen LogP contribution in [0.5, 0.6) is 11.5 Å².